The molecule has 5 nitrogen and oxygen atoms in total. The lowest BCUT2D eigenvalue weighted by Crippen LogP contribution is -2.41. The zero-order valence-corrected chi connectivity index (χ0v) is 14.8. The van der Waals surface area contributed by atoms with Crippen LogP contribution in [0.1, 0.15) is 38.7 Å². The van der Waals surface area contributed by atoms with E-state index in [1.165, 1.54) is 12.8 Å². The summed E-state index contributed by atoms with van der Waals surface area (Å²) in [7, 11) is 0. The molecule has 24 heavy (non-hydrogen) atoms. The van der Waals surface area contributed by atoms with Crippen molar-refractivity contribution in [3.05, 3.63) is 35.9 Å². The Morgan fingerprint density at radius 3 is 2.50 bits per heavy atom. The summed E-state index contributed by atoms with van der Waals surface area (Å²) >= 11 is 0. The second kappa shape index (κ2) is 9.42. The van der Waals surface area contributed by atoms with Gasteiger partial charge in [-0.25, -0.2) is 0 Å². The Labute approximate surface area is 145 Å². The molecule has 0 saturated carbocycles. The van der Waals surface area contributed by atoms with Crippen LogP contribution in [0.4, 0.5) is 0 Å². The second-order valence-corrected chi connectivity index (χ2v) is 6.57. The minimum atomic E-state index is -0.00270. The highest BCUT2D eigenvalue weighted by atomic mass is 16.2. The number of amides is 2. The predicted molar refractivity (Wildman–Crippen MR) is 95.4 cm³/mol. The van der Waals surface area contributed by atoms with Gasteiger partial charge in [0.15, 0.2) is 0 Å². The minimum Gasteiger partial charge on any atom is -0.354 e. The van der Waals surface area contributed by atoms with E-state index < -0.39 is 0 Å². The summed E-state index contributed by atoms with van der Waals surface area (Å²) < 4.78 is 0. The number of benzene rings is 1. The molecule has 1 aromatic carbocycles. The van der Waals surface area contributed by atoms with Gasteiger partial charge in [0.05, 0.1) is 0 Å². The predicted octanol–water partition coefficient (Wildman–Crippen LogP) is 2.03. The standard InChI is InChI=1S/C19H29N3O2/c1-16(21-11-6-7-12-21)14-20-19(24)10-13-22(17(2)23)15-18-8-4-3-5-9-18/h3-5,8-9,16H,6-7,10-15H2,1-2H3,(H,20,24). The van der Waals surface area contributed by atoms with E-state index in [0.717, 1.165) is 18.7 Å². The molecule has 1 aliphatic heterocycles. The van der Waals surface area contributed by atoms with E-state index in [-0.39, 0.29) is 11.8 Å². The van der Waals surface area contributed by atoms with Gasteiger partial charge >= 0.3 is 0 Å². The fraction of sp³-hybridized carbons (Fsp3) is 0.579. The van der Waals surface area contributed by atoms with E-state index in [2.05, 4.69) is 17.1 Å². The van der Waals surface area contributed by atoms with Crippen molar-refractivity contribution in [3.8, 4) is 0 Å². The Bertz CT molecular complexity index is 527. The summed E-state index contributed by atoms with van der Waals surface area (Å²) in [6.45, 7) is 7.65. The molecule has 1 fully saturated rings. The van der Waals surface area contributed by atoms with Crippen LogP contribution in [0, 0.1) is 0 Å². The van der Waals surface area contributed by atoms with Crippen molar-refractivity contribution in [2.75, 3.05) is 26.2 Å². The van der Waals surface area contributed by atoms with Crippen molar-refractivity contribution in [3.63, 3.8) is 0 Å². The Morgan fingerprint density at radius 2 is 1.88 bits per heavy atom. The molecule has 2 amide bonds. The summed E-state index contributed by atoms with van der Waals surface area (Å²) in [6.07, 6.45) is 2.86. The lowest BCUT2D eigenvalue weighted by molar-refractivity contribution is -0.130. The van der Waals surface area contributed by atoms with Gasteiger partial charge < -0.3 is 10.2 Å². The van der Waals surface area contributed by atoms with Crippen LogP contribution in [0.3, 0.4) is 0 Å². The first-order valence-corrected chi connectivity index (χ1v) is 8.86. The van der Waals surface area contributed by atoms with Crippen LogP contribution in [-0.4, -0.2) is 53.8 Å². The van der Waals surface area contributed by atoms with Gasteiger partial charge in [-0.2, -0.15) is 0 Å². The summed E-state index contributed by atoms with van der Waals surface area (Å²) in [5, 5.41) is 3.00. The molecule has 0 aliphatic carbocycles. The lowest BCUT2D eigenvalue weighted by atomic mass is 10.2. The van der Waals surface area contributed by atoms with Gasteiger partial charge in [0.1, 0.15) is 0 Å². The minimum absolute atomic E-state index is 0.00270. The number of nitrogens with one attached hydrogen (secondary N) is 1. The fourth-order valence-corrected chi connectivity index (χ4v) is 3.05. The highest BCUT2D eigenvalue weighted by molar-refractivity contribution is 5.78. The quantitative estimate of drug-likeness (QED) is 0.793. The van der Waals surface area contributed by atoms with Crippen molar-refractivity contribution in [2.24, 2.45) is 0 Å². The number of hydrogen-bond donors (Lipinski definition) is 1. The molecule has 0 bridgehead atoms. The normalized spacial score (nSPS) is 15.9. The number of likely N-dealkylation sites (tertiary alicyclic amines) is 1. The van der Waals surface area contributed by atoms with Gasteiger partial charge in [0.2, 0.25) is 11.8 Å². The fourth-order valence-electron chi connectivity index (χ4n) is 3.05. The maximum absolute atomic E-state index is 12.1. The average Bonchev–Trinajstić information content (AvgIpc) is 3.11. The highest BCUT2D eigenvalue weighted by Crippen LogP contribution is 2.11. The molecule has 0 radical (unpaired) electrons. The average molecular weight is 331 g/mol. The Morgan fingerprint density at radius 1 is 1.21 bits per heavy atom. The van der Waals surface area contributed by atoms with Crippen LogP contribution in [0.15, 0.2) is 30.3 Å². The zero-order chi connectivity index (χ0) is 17.4. The third-order valence-electron chi connectivity index (χ3n) is 4.63. The molecule has 2 rings (SSSR count). The third-order valence-corrected chi connectivity index (χ3v) is 4.63. The monoisotopic (exact) mass is 331 g/mol. The van der Waals surface area contributed by atoms with Gasteiger partial charge in [0.25, 0.3) is 0 Å². The molecule has 0 spiro atoms. The van der Waals surface area contributed by atoms with Crippen LogP contribution in [-0.2, 0) is 16.1 Å². The molecule has 1 heterocycles. The van der Waals surface area contributed by atoms with Crippen molar-refractivity contribution < 1.29 is 9.59 Å². The second-order valence-electron chi connectivity index (χ2n) is 6.57. The molecule has 1 saturated heterocycles. The summed E-state index contributed by atoms with van der Waals surface area (Å²) in [4.78, 5) is 28.0. The third kappa shape index (κ3) is 5.96. The molecule has 132 valence electrons. The van der Waals surface area contributed by atoms with E-state index in [1.807, 2.05) is 30.3 Å². The number of carbonyl (C=O) groups is 2. The zero-order valence-electron chi connectivity index (χ0n) is 14.8. The SMILES string of the molecule is CC(=O)N(CCC(=O)NCC(C)N1CCCC1)Cc1ccccc1. The highest BCUT2D eigenvalue weighted by Gasteiger charge is 2.18. The van der Waals surface area contributed by atoms with Crippen molar-refractivity contribution in [1.29, 1.82) is 0 Å². The van der Waals surface area contributed by atoms with E-state index in [4.69, 9.17) is 0 Å². The summed E-state index contributed by atoms with van der Waals surface area (Å²) in [5.74, 6) is 0.0115. The topological polar surface area (TPSA) is 52.7 Å². The van der Waals surface area contributed by atoms with Crippen LogP contribution < -0.4 is 5.32 Å². The number of nitrogens with zero attached hydrogens (tertiary/aromatic N) is 2. The van der Waals surface area contributed by atoms with Gasteiger partial charge in [0, 0.05) is 39.0 Å². The first-order chi connectivity index (χ1) is 11.6. The molecular formula is C19H29N3O2. The number of carbonyl (C=O) groups excluding carboxylic acids is 2. The summed E-state index contributed by atoms with van der Waals surface area (Å²) in [5.41, 5.74) is 1.08. The van der Waals surface area contributed by atoms with E-state index in [9.17, 15) is 9.59 Å². The van der Waals surface area contributed by atoms with E-state index >= 15 is 0 Å². The van der Waals surface area contributed by atoms with Gasteiger partial charge in [-0.3, -0.25) is 14.5 Å². The maximum Gasteiger partial charge on any atom is 0.221 e. The van der Waals surface area contributed by atoms with E-state index in [0.29, 0.717) is 32.1 Å². The van der Waals surface area contributed by atoms with Crippen molar-refractivity contribution >= 4 is 11.8 Å². The molecule has 1 unspecified atom stereocenters. The first kappa shape index (κ1) is 18.5. The van der Waals surface area contributed by atoms with Crippen LogP contribution in [0.25, 0.3) is 0 Å². The Hall–Kier alpha value is -1.88. The number of hydrogen-bond acceptors (Lipinski definition) is 3. The van der Waals surface area contributed by atoms with Crippen molar-refractivity contribution in [1.82, 2.24) is 15.1 Å². The van der Waals surface area contributed by atoms with Gasteiger partial charge in [-0.1, -0.05) is 30.3 Å². The maximum atomic E-state index is 12.1. The van der Waals surface area contributed by atoms with E-state index in [1.54, 1.807) is 11.8 Å². The molecule has 0 aromatic heterocycles. The summed E-state index contributed by atoms with van der Waals surface area (Å²) in [6, 6.07) is 10.2. The van der Waals surface area contributed by atoms with Crippen molar-refractivity contribution in [2.45, 2.75) is 45.7 Å². The molecule has 1 atom stereocenters. The molecule has 1 aromatic rings. The van der Waals surface area contributed by atoms with Crippen LogP contribution in [0.5, 0.6) is 0 Å². The van der Waals surface area contributed by atoms with Gasteiger partial charge in [-0.05, 0) is 38.4 Å². The lowest BCUT2D eigenvalue weighted by Gasteiger charge is -2.24. The smallest absolute Gasteiger partial charge is 0.221 e. The van der Waals surface area contributed by atoms with Crippen LogP contribution in [0.2, 0.25) is 0 Å². The Kier molecular flexibility index (Phi) is 7.25. The molecule has 5 heteroatoms. The van der Waals surface area contributed by atoms with Gasteiger partial charge in [-0.15, -0.1) is 0 Å². The number of rotatable bonds is 8. The van der Waals surface area contributed by atoms with Crippen LogP contribution >= 0.6 is 0 Å². The molecular weight excluding hydrogens is 302 g/mol. The molecule has 1 aliphatic rings. The largest absolute Gasteiger partial charge is 0.354 e. The first-order valence-electron chi connectivity index (χ1n) is 8.86. The molecule has 1 N–H and O–H groups in total. The Balaban J connectivity index is 1.72.